The molecule has 1 amide bonds. The highest BCUT2D eigenvalue weighted by Crippen LogP contribution is 2.09. The first-order valence-electron chi connectivity index (χ1n) is 4.92. The van der Waals surface area contributed by atoms with E-state index in [9.17, 15) is 4.79 Å². The normalized spacial score (nSPS) is 20.8. The summed E-state index contributed by atoms with van der Waals surface area (Å²) in [4.78, 5) is 13.5. The molecule has 1 atom stereocenters. The molecule has 3 N–H and O–H groups in total. The monoisotopic (exact) mass is 185 g/mol. The van der Waals surface area contributed by atoms with Gasteiger partial charge in [-0.15, -0.1) is 0 Å². The van der Waals surface area contributed by atoms with Gasteiger partial charge in [0.05, 0.1) is 6.04 Å². The molecule has 1 heterocycles. The molecule has 1 aliphatic rings. The lowest BCUT2D eigenvalue weighted by atomic mass is 10.1. The third-order valence-electron chi connectivity index (χ3n) is 2.41. The Balaban J connectivity index is 2.22. The summed E-state index contributed by atoms with van der Waals surface area (Å²) < 4.78 is 0. The van der Waals surface area contributed by atoms with Gasteiger partial charge in [-0.2, -0.15) is 0 Å². The van der Waals surface area contributed by atoms with Gasteiger partial charge in [0, 0.05) is 25.7 Å². The number of hydrogen-bond acceptors (Lipinski definition) is 3. The molecule has 0 aromatic heterocycles. The lowest BCUT2D eigenvalue weighted by molar-refractivity contribution is -0.127. The summed E-state index contributed by atoms with van der Waals surface area (Å²) in [5.74, 6) is 0.119. The molecule has 4 nitrogen and oxygen atoms in total. The molecule has 76 valence electrons. The first kappa shape index (κ1) is 10.5. The minimum absolute atomic E-state index is 0.0219. The topological polar surface area (TPSA) is 58.4 Å². The Morgan fingerprint density at radius 2 is 2.31 bits per heavy atom. The molecule has 1 saturated heterocycles. The Kier molecular flexibility index (Phi) is 3.69. The van der Waals surface area contributed by atoms with Crippen molar-refractivity contribution in [3.63, 3.8) is 0 Å². The van der Waals surface area contributed by atoms with Crippen LogP contribution in [0.3, 0.4) is 0 Å². The van der Waals surface area contributed by atoms with Crippen LogP contribution < -0.4 is 11.1 Å². The average molecular weight is 185 g/mol. The summed E-state index contributed by atoms with van der Waals surface area (Å²) in [6, 6.07) is 0.243. The van der Waals surface area contributed by atoms with Crippen molar-refractivity contribution in [2.75, 3.05) is 19.6 Å². The maximum Gasteiger partial charge on any atom is 0.237 e. The highest BCUT2D eigenvalue weighted by atomic mass is 16.2. The molecule has 0 aliphatic carbocycles. The van der Waals surface area contributed by atoms with Crippen LogP contribution >= 0.6 is 0 Å². The van der Waals surface area contributed by atoms with E-state index in [1.807, 2.05) is 13.8 Å². The zero-order valence-corrected chi connectivity index (χ0v) is 8.42. The van der Waals surface area contributed by atoms with E-state index in [4.69, 9.17) is 5.73 Å². The van der Waals surface area contributed by atoms with E-state index >= 15 is 0 Å². The van der Waals surface area contributed by atoms with Crippen LogP contribution in [0.15, 0.2) is 0 Å². The van der Waals surface area contributed by atoms with Gasteiger partial charge in [-0.1, -0.05) is 6.92 Å². The number of amides is 1. The van der Waals surface area contributed by atoms with Crippen molar-refractivity contribution < 1.29 is 4.79 Å². The highest BCUT2D eigenvalue weighted by molar-refractivity contribution is 5.81. The molecule has 0 spiro atoms. The van der Waals surface area contributed by atoms with Crippen molar-refractivity contribution in [3.05, 3.63) is 0 Å². The third-order valence-corrected chi connectivity index (χ3v) is 2.41. The van der Waals surface area contributed by atoms with Crippen LogP contribution in [-0.4, -0.2) is 42.5 Å². The van der Waals surface area contributed by atoms with E-state index in [1.54, 1.807) is 0 Å². The number of carbonyl (C=O) groups is 1. The van der Waals surface area contributed by atoms with Gasteiger partial charge in [-0.25, -0.2) is 0 Å². The molecule has 0 saturated carbocycles. The second-order valence-corrected chi connectivity index (χ2v) is 3.68. The van der Waals surface area contributed by atoms with Crippen molar-refractivity contribution in [3.8, 4) is 0 Å². The molecule has 0 aromatic rings. The highest BCUT2D eigenvalue weighted by Gasteiger charge is 2.30. The summed E-state index contributed by atoms with van der Waals surface area (Å²) in [6.07, 6.45) is 0.984. The van der Waals surface area contributed by atoms with E-state index < -0.39 is 0 Å². The molecule has 1 fully saturated rings. The van der Waals surface area contributed by atoms with E-state index in [1.165, 1.54) is 0 Å². The molecular weight excluding hydrogens is 166 g/mol. The van der Waals surface area contributed by atoms with Crippen molar-refractivity contribution in [2.24, 2.45) is 5.73 Å². The summed E-state index contributed by atoms with van der Waals surface area (Å²) in [5.41, 5.74) is 5.63. The minimum Gasteiger partial charge on any atom is -0.355 e. The Bertz CT molecular complexity index is 178. The van der Waals surface area contributed by atoms with Gasteiger partial charge in [-0.05, 0) is 13.3 Å². The average Bonchev–Trinajstić information content (AvgIpc) is 2.07. The predicted molar refractivity (Wildman–Crippen MR) is 52.3 cm³/mol. The molecule has 1 aliphatic heterocycles. The number of nitrogens with two attached hydrogens (primary N) is 1. The first-order chi connectivity index (χ1) is 6.15. The Morgan fingerprint density at radius 3 is 2.77 bits per heavy atom. The maximum absolute atomic E-state index is 11.4. The zero-order valence-electron chi connectivity index (χ0n) is 8.42. The molecule has 0 radical (unpaired) electrons. The van der Waals surface area contributed by atoms with Crippen LogP contribution in [0.4, 0.5) is 0 Å². The summed E-state index contributed by atoms with van der Waals surface area (Å²) in [5, 5.41) is 2.87. The van der Waals surface area contributed by atoms with Crippen LogP contribution in [0.5, 0.6) is 0 Å². The standard InChI is InChI=1S/C9H19N3O/c1-3-4-11-9(13)7(2)12-5-8(10)6-12/h7-8H,3-6,10H2,1-2H3,(H,11,13). The SMILES string of the molecule is CCCNC(=O)C(C)N1CC(N)C1. The zero-order chi connectivity index (χ0) is 9.84. The van der Waals surface area contributed by atoms with Crippen LogP contribution in [0, 0.1) is 0 Å². The number of carbonyl (C=O) groups excluding carboxylic acids is 1. The van der Waals surface area contributed by atoms with Crippen LogP contribution in [0.1, 0.15) is 20.3 Å². The fourth-order valence-corrected chi connectivity index (χ4v) is 1.43. The summed E-state index contributed by atoms with van der Waals surface area (Å²) in [7, 11) is 0. The van der Waals surface area contributed by atoms with Crippen molar-refractivity contribution in [2.45, 2.75) is 32.4 Å². The van der Waals surface area contributed by atoms with Crippen molar-refractivity contribution in [1.82, 2.24) is 10.2 Å². The summed E-state index contributed by atoms with van der Waals surface area (Å²) >= 11 is 0. The quantitative estimate of drug-likeness (QED) is 0.623. The third kappa shape index (κ3) is 2.67. The number of hydrogen-bond donors (Lipinski definition) is 2. The molecule has 1 unspecified atom stereocenters. The minimum atomic E-state index is -0.0219. The Morgan fingerprint density at radius 1 is 1.69 bits per heavy atom. The van der Waals surface area contributed by atoms with E-state index in [-0.39, 0.29) is 18.0 Å². The smallest absolute Gasteiger partial charge is 0.237 e. The van der Waals surface area contributed by atoms with Crippen LogP contribution in [-0.2, 0) is 4.79 Å². The van der Waals surface area contributed by atoms with Gasteiger partial charge in [0.15, 0.2) is 0 Å². The van der Waals surface area contributed by atoms with Gasteiger partial charge >= 0.3 is 0 Å². The van der Waals surface area contributed by atoms with Gasteiger partial charge in [0.2, 0.25) is 5.91 Å². The van der Waals surface area contributed by atoms with E-state index in [0.29, 0.717) is 0 Å². The fourth-order valence-electron chi connectivity index (χ4n) is 1.43. The lowest BCUT2D eigenvalue weighted by Crippen LogP contribution is -2.61. The Labute approximate surface area is 79.5 Å². The largest absolute Gasteiger partial charge is 0.355 e. The second-order valence-electron chi connectivity index (χ2n) is 3.68. The van der Waals surface area contributed by atoms with Gasteiger partial charge in [0.1, 0.15) is 0 Å². The van der Waals surface area contributed by atoms with E-state index in [0.717, 1.165) is 26.1 Å². The molecule has 13 heavy (non-hydrogen) atoms. The van der Waals surface area contributed by atoms with Gasteiger partial charge in [-0.3, -0.25) is 9.69 Å². The van der Waals surface area contributed by atoms with Crippen LogP contribution in [0.2, 0.25) is 0 Å². The molecule has 0 bridgehead atoms. The number of nitrogens with zero attached hydrogens (tertiary/aromatic N) is 1. The van der Waals surface area contributed by atoms with Gasteiger partial charge in [0.25, 0.3) is 0 Å². The fraction of sp³-hybridized carbons (Fsp3) is 0.889. The number of likely N-dealkylation sites (tertiary alicyclic amines) is 1. The molecule has 4 heteroatoms. The molecular formula is C9H19N3O. The number of nitrogens with one attached hydrogen (secondary N) is 1. The van der Waals surface area contributed by atoms with Crippen molar-refractivity contribution in [1.29, 1.82) is 0 Å². The van der Waals surface area contributed by atoms with Crippen molar-refractivity contribution >= 4 is 5.91 Å². The number of rotatable bonds is 4. The lowest BCUT2D eigenvalue weighted by Gasteiger charge is -2.40. The second kappa shape index (κ2) is 4.58. The van der Waals surface area contributed by atoms with Crippen LogP contribution in [0.25, 0.3) is 0 Å². The first-order valence-corrected chi connectivity index (χ1v) is 4.92. The molecule has 0 aromatic carbocycles. The van der Waals surface area contributed by atoms with Gasteiger partial charge < -0.3 is 11.1 Å². The Hall–Kier alpha value is -0.610. The summed E-state index contributed by atoms with van der Waals surface area (Å²) in [6.45, 7) is 6.44. The molecule has 1 rings (SSSR count). The maximum atomic E-state index is 11.4. The predicted octanol–water partition coefficient (Wildman–Crippen LogP) is -0.456. The van der Waals surface area contributed by atoms with E-state index in [2.05, 4.69) is 10.2 Å².